The molecule has 0 radical (unpaired) electrons. The van der Waals surface area contributed by atoms with Gasteiger partial charge in [0.1, 0.15) is 0 Å². The summed E-state index contributed by atoms with van der Waals surface area (Å²) in [5.41, 5.74) is 4.20. The van der Waals surface area contributed by atoms with Crippen LogP contribution in [0.15, 0.2) is 30.3 Å². The maximum absolute atomic E-state index is 4.41. The third kappa shape index (κ3) is 1.23. The number of aromatic amines is 1. The van der Waals surface area contributed by atoms with Gasteiger partial charge in [0.2, 0.25) is 0 Å². The van der Waals surface area contributed by atoms with E-state index >= 15 is 0 Å². The fourth-order valence-electron chi connectivity index (χ4n) is 1.76. The zero-order chi connectivity index (χ0) is 11.1. The molecule has 0 saturated carbocycles. The lowest BCUT2D eigenvalue weighted by Gasteiger charge is -1.93. The van der Waals surface area contributed by atoms with E-state index in [9.17, 15) is 0 Å². The number of nitrogens with zero attached hydrogens (tertiary/aromatic N) is 3. The van der Waals surface area contributed by atoms with Crippen molar-refractivity contribution < 1.29 is 0 Å². The van der Waals surface area contributed by atoms with Crippen LogP contribution in [0.25, 0.3) is 17.0 Å². The standard InChI is InChI=1S/C12H12N4/c1-8-9(2)14-16-12(8)13-11(15-16)10-6-4-3-5-7-10/h3-7H,1-2H3,(H,13,15). The topological polar surface area (TPSA) is 46.0 Å². The fourth-order valence-corrected chi connectivity index (χ4v) is 1.76. The maximum atomic E-state index is 4.41. The molecule has 4 nitrogen and oxygen atoms in total. The van der Waals surface area contributed by atoms with Crippen LogP contribution in [0.3, 0.4) is 0 Å². The van der Waals surface area contributed by atoms with Crippen molar-refractivity contribution in [1.82, 2.24) is 19.8 Å². The Morgan fingerprint density at radius 1 is 1.06 bits per heavy atom. The van der Waals surface area contributed by atoms with Crippen LogP contribution in [0.4, 0.5) is 0 Å². The number of hydrogen-bond donors (Lipinski definition) is 1. The predicted octanol–water partition coefficient (Wildman–Crippen LogP) is 2.34. The zero-order valence-corrected chi connectivity index (χ0v) is 9.23. The van der Waals surface area contributed by atoms with Crippen molar-refractivity contribution >= 4 is 5.65 Å². The molecule has 0 spiro atoms. The van der Waals surface area contributed by atoms with Gasteiger partial charge in [0.25, 0.3) is 0 Å². The van der Waals surface area contributed by atoms with Crippen LogP contribution in [-0.4, -0.2) is 19.8 Å². The third-order valence-corrected chi connectivity index (χ3v) is 2.82. The Morgan fingerprint density at radius 2 is 1.81 bits per heavy atom. The minimum atomic E-state index is 0.853. The molecule has 0 saturated heterocycles. The van der Waals surface area contributed by atoms with E-state index in [4.69, 9.17) is 0 Å². The molecule has 2 aromatic heterocycles. The number of rotatable bonds is 1. The van der Waals surface area contributed by atoms with Crippen LogP contribution in [0.2, 0.25) is 0 Å². The van der Waals surface area contributed by atoms with Crippen LogP contribution >= 0.6 is 0 Å². The van der Waals surface area contributed by atoms with E-state index in [-0.39, 0.29) is 0 Å². The van der Waals surface area contributed by atoms with Crippen molar-refractivity contribution in [3.05, 3.63) is 41.6 Å². The molecule has 0 unspecified atom stereocenters. The Bertz CT molecular complexity index is 634. The number of hydrogen-bond acceptors (Lipinski definition) is 2. The first-order valence-electron chi connectivity index (χ1n) is 5.23. The van der Waals surface area contributed by atoms with Crippen molar-refractivity contribution in [2.24, 2.45) is 0 Å². The summed E-state index contributed by atoms with van der Waals surface area (Å²) in [5, 5.41) is 8.75. The van der Waals surface area contributed by atoms with Gasteiger partial charge >= 0.3 is 0 Å². The highest BCUT2D eigenvalue weighted by atomic mass is 15.5. The van der Waals surface area contributed by atoms with Gasteiger partial charge in [-0.05, 0) is 13.8 Å². The molecule has 3 rings (SSSR count). The van der Waals surface area contributed by atoms with Gasteiger partial charge in [0.15, 0.2) is 11.5 Å². The fraction of sp³-hybridized carbons (Fsp3) is 0.167. The van der Waals surface area contributed by atoms with Gasteiger partial charge in [-0.2, -0.15) is 5.10 Å². The molecule has 0 aliphatic heterocycles. The SMILES string of the molecule is Cc1nn2nc(-c3ccccc3)[nH]c2c1C. The molecule has 0 fully saturated rings. The molecule has 80 valence electrons. The first-order valence-corrected chi connectivity index (χ1v) is 5.23. The lowest BCUT2D eigenvalue weighted by atomic mass is 10.2. The molecule has 1 N–H and O–H groups in total. The average Bonchev–Trinajstić information content (AvgIpc) is 2.82. The molecule has 16 heavy (non-hydrogen) atoms. The Morgan fingerprint density at radius 3 is 2.50 bits per heavy atom. The normalized spacial score (nSPS) is 11.1. The molecule has 4 heteroatoms. The number of aromatic nitrogens is 4. The number of nitrogens with one attached hydrogen (secondary N) is 1. The van der Waals surface area contributed by atoms with Crippen molar-refractivity contribution in [2.45, 2.75) is 13.8 Å². The Hall–Kier alpha value is -2.10. The monoisotopic (exact) mass is 212 g/mol. The highest BCUT2D eigenvalue weighted by molar-refractivity contribution is 5.60. The molecule has 0 amide bonds. The molecule has 0 bridgehead atoms. The summed E-state index contributed by atoms with van der Waals surface area (Å²) >= 11 is 0. The van der Waals surface area contributed by atoms with Crippen LogP contribution < -0.4 is 0 Å². The minimum Gasteiger partial charge on any atom is -0.321 e. The van der Waals surface area contributed by atoms with Crippen LogP contribution in [-0.2, 0) is 0 Å². The molecule has 0 atom stereocenters. The summed E-state index contributed by atoms with van der Waals surface area (Å²) in [7, 11) is 0. The lowest BCUT2D eigenvalue weighted by molar-refractivity contribution is 0.810. The van der Waals surface area contributed by atoms with Crippen molar-refractivity contribution in [3.8, 4) is 11.4 Å². The molecule has 2 heterocycles. The first-order chi connectivity index (χ1) is 7.75. The van der Waals surface area contributed by atoms with Gasteiger partial charge in [-0.15, -0.1) is 9.73 Å². The molecule has 3 aromatic rings. The van der Waals surface area contributed by atoms with E-state index in [2.05, 4.69) is 15.2 Å². The van der Waals surface area contributed by atoms with Gasteiger partial charge < -0.3 is 4.98 Å². The summed E-state index contributed by atoms with van der Waals surface area (Å²) in [6, 6.07) is 10.0. The Balaban J connectivity index is 2.20. The van der Waals surface area contributed by atoms with E-state index in [1.54, 1.807) is 4.63 Å². The largest absolute Gasteiger partial charge is 0.321 e. The van der Waals surface area contributed by atoms with Crippen LogP contribution in [0.1, 0.15) is 11.3 Å². The van der Waals surface area contributed by atoms with E-state index in [1.807, 2.05) is 44.2 Å². The molecule has 1 aromatic carbocycles. The highest BCUT2D eigenvalue weighted by Gasteiger charge is 2.10. The second-order valence-corrected chi connectivity index (χ2v) is 3.89. The van der Waals surface area contributed by atoms with Gasteiger partial charge in [0, 0.05) is 11.1 Å². The van der Waals surface area contributed by atoms with Gasteiger partial charge in [0.05, 0.1) is 5.69 Å². The molecule has 0 aliphatic rings. The molecular formula is C12H12N4. The van der Waals surface area contributed by atoms with Crippen molar-refractivity contribution in [3.63, 3.8) is 0 Å². The zero-order valence-electron chi connectivity index (χ0n) is 9.23. The number of fused-ring (bicyclic) bond motifs is 1. The third-order valence-electron chi connectivity index (χ3n) is 2.82. The van der Waals surface area contributed by atoms with E-state index in [0.717, 1.165) is 28.3 Å². The molecular weight excluding hydrogens is 200 g/mol. The lowest BCUT2D eigenvalue weighted by Crippen LogP contribution is -1.87. The quantitative estimate of drug-likeness (QED) is 0.673. The van der Waals surface area contributed by atoms with Crippen LogP contribution in [0, 0.1) is 13.8 Å². The summed E-state index contributed by atoms with van der Waals surface area (Å²) < 4.78 is 1.66. The second kappa shape index (κ2) is 3.20. The number of H-pyrrole nitrogens is 1. The number of aryl methyl sites for hydroxylation is 2. The Labute approximate surface area is 92.9 Å². The van der Waals surface area contributed by atoms with E-state index in [1.165, 1.54) is 0 Å². The summed E-state index contributed by atoms with van der Waals surface area (Å²) in [6.07, 6.45) is 0. The average molecular weight is 212 g/mol. The summed E-state index contributed by atoms with van der Waals surface area (Å²) in [5.74, 6) is 0.853. The predicted molar refractivity (Wildman–Crippen MR) is 62.2 cm³/mol. The smallest absolute Gasteiger partial charge is 0.161 e. The van der Waals surface area contributed by atoms with Gasteiger partial charge in [-0.3, -0.25) is 0 Å². The van der Waals surface area contributed by atoms with Crippen molar-refractivity contribution in [2.75, 3.05) is 0 Å². The highest BCUT2D eigenvalue weighted by Crippen LogP contribution is 2.18. The summed E-state index contributed by atoms with van der Waals surface area (Å²) in [4.78, 5) is 3.29. The van der Waals surface area contributed by atoms with Gasteiger partial charge in [-0.25, -0.2) is 0 Å². The summed E-state index contributed by atoms with van der Waals surface area (Å²) in [6.45, 7) is 4.03. The maximum Gasteiger partial charge on any atom is 0.161 e. The number of benzene rings is 1. The minimum absolute atomic E-state index is 0.853. The van der Waals surface area contributed by atoms with Crippen LogP contribution in [0.5, 0.6) is 0 Å². The van der Waals surface area contributed by atoms with E-state index < -0.39 is 0 Å². The first kappa shape index (κ1) is 9.15. The van der Waals surface area contributed by atoms with E-state index in [0.29, 0.717) is 0 Å². The Kier molecular flexibility index (Phi) is 1.83. The van der Waals surface area contributed by atoms with Gasteiger partial charge in [-0.1, -0.05) is 30.3 Å². The molecule has 0 aliphatic carbocycles. The van der Waals surface area contributed by atoms with Crippen molar-refractivity contribution in [1.29, 1.82) is 0 Å². The second-order valence-electron chi connectivity index (χ2n) is 3.89.